The number of nitrogens with zero attached hydrogens (tertiary/aromatic N) is 1. The summed E-state index contributed by atoms with van der Waals surface area (Å²) in [4.78, 5) is 40.7. The number of nitrogens with one attached hydrogen (secondary N) is 2. The minimum absolute atomic E-state index is 0.0348. The van der Waals surface area contributed by atoms with Crippen LogP contribution in [-0.4, -0.2) is 40.3 Å². The van der Waals surface area contributed by atoms with E-state index in [2.05, 4.69) is 15.6 Å². The Balaban J connectivity index is 2.04. The van der Waals surface area contributed by atoms with Crippen molar-refractivity contribution in [2.75, 3.05) is 11.2 Å². The third kappa shape index (κ3) is 7.11. The number of carbonyl (C=O) groups excluding carboxylic acids is 3. The van der Waals surface area contributed by atoms with Gasteiger partial charge in [0.25, 0.3) is 0 Å². The maximum absolute atomic E-state index is 12.4. The van der Waals surface area contributed by atoms with E-state index in [-0.39, 0.29) is 29.9 Å². The molecule has 1 unspecified atom stereocenters. The zero-order chi connectivity index (χ0) is 20.7. The number of Topliss-reactive ketones (excluding diaryl/α,β-unsaturated/α-hetero) is 1. The average molecular weight is 410 g/mol. The van der Waals surface area contributed by atoms with Gasteiger partial charge in [-0.1, -0.05) is 12.8 Å². The summed E-state index contributed by atoms with van der Waals surface area (Å²) in [6, 6.07) is 2.68. The molecule has 1 fully saturated rings. The van der Waals surface area contributed by atoms with Crippen molar-refractivity contribution in [3.63, 3.8) is 0 Å². The first-order valence-corrected chi connectivity index (χ1v) is 10.1. The number of ketones is 1. The molecular weight excluding hydrogens is 382 g/mol. The van der Waals surface area contributed by atoms with Crippen molar-refractivity contribution in [1.82, 2.24) is 10.3 Å². The zero-order valence-corrected chi connectivity index (χ0v) is 17.3. The van der Waals surface area contributed by atoms with E-state index in [0.717, 1.165) is 31.2 Å². The minimum Gasteiger partial charge on any atom is -0.444 e. The molecule has 0 spiro atoms. The van der Waals surface area contributed by atoms with E-state index < -0.39 is 17.7 Å². The molecule has 0 bridgehead atoms. The van der Waals surface area contributed by atoms with Crippen molar-refractivity contribution >= 4 is 35.2 Å². The summed E-state index contributed by atoms with van der Waals surface area (Å²) in [5.41, 5.74) is 0.126. The van der Waals surface area contributed by atoms with Crippen molar-refractivity contribution in [3.8, 4) is 0 Å². The maximum Gasteiger partial charge on any atom is 0.413 e. The van der Waals surface area contributed by atoms with Gasteiger partial charge < -0.3 is 10.1 Å². The Labute approximate surface area is 170 Å². The molecule has 2 N–H and O–H groups in total. The standard InChI is InChI=1S/C20H28ClN3O4/c1-20(2,3)28-19(27)24-17-11-13(8-9-22-17)10-15(16(25)12-21)23-18(26)14-6-4-5-7-14/h8-9,11,14-15H,4-7,10,12H2,1-3H3,(H,23,26)(H,22,24,27). The summed E-state index contributed by atoms with van der Waals surface area (Å²) in [6.45, 7) is 5.31. The van der Waals surface area contributed by atoms with Gasteiger partial charge in [-0.3, -0.25) is 14.9 Å². The predicted molar refractivity (Wildman–Crippen MR) is 107 cm³/mol. The Bertz CT molecular complexity index is 712. The number of ether oxygens (including phenoxy) is 1. The first-order valence-electron chi connectivity index (χ1n) is 9.52. The largest absolute Gasteiger partial charge is 0.444 e. The second-order valence-electron chi connectivity index (χ2n) is 8.02. The lowest BCUT2D eigenvalue weighted by atomic mass is 10.0. The monoisotopic (exact) mass is 409 g/mol. The van der Waals surface area contributed by atoms with Crippen LogP contribution in [0.15, 0.2) is 18.3 Å². The molecule has 1 heterocycles. The molecule has 1 aliphatic carbocycles. The molecule has 1 saturated carbocycles. The van der Waals surface area contributed by atoms with Gasteiger partial charge >= 0.3 is 6.09 Å². The van der Waals surface area contributed by atoms with Gasteiger partial charge in [0, 0.05) is 12.1 Å². The molecule has 0 saturated heterocycles. The van der Waals surface area contributed by atoms with Gasteiger partial charge in [-0.15, -0.1) is 11.6 Å². The lowest BCUT2D eigenvalue weighted by molar-refractivity contribution is -0.129. The molecule has 2 amide bonds. The highest BCUT2D eigenvalue weighted by Gasteiger charge is 2.27. The van der Waals surface area contributed by atoms with E-state index in [1.165, 1.54) is 6.20 Å². The fourth-order valence-electron chi connectivity index (χ4n) is 3.13. The van der Waals surface area contributed by atoms with Gasteiger partial charge in [-0.05, 0) is 57.7 Å². The number of amides is 2. The third-order valence-electron chi connectivity index (χ3n) is 4.46. The number of hydrogen-bond acceptors (Lipinski definition) is 5. The van der Waals surface area contributed by atoms with Crippen LogP contribution in [0.4, 0.5) is 10.6 Å². The lowest BCUT2D eigenvalue weighted by Crippen LogP contribution is -2.45. The predicted octanol–water partition coefficient (Wildman–Crippen LogP) is 3.45. The van der Waals surface area contributed by atoms with Crippen molar-refractivity contribution in [2.45, 2.75) is 64.5 Å². The van der Waals surface area contributed by atoms with Crippen molar-refractivity contribution in [1.29, 1.82) is 0 Å². The van der Waals surface area contributed by atoms with Gasteiger partial charge in [0.1, 0.15) is 11.4 Å². The molecule has 1 atom stereocenters. The van der Waals surface area contributed by atoms with Crippen LogP contribution in [-0.2, 0) is 20.7 Å². The lowest BCUT2D eigenvalue weighted by Gasteiger charge is -2.20. The van der Waals surface area contributed by atoms with Crippen molar-refractivity contribution in [2.24, 2.45) is 5.92 Å². The van der Waals surface area contributed by atoms with Gasteiger partial charge in [-0.2, -0.15) is 0 Å². The van der Waals surface area contributed by atoms with Crippen LogP contribution in [0.1, 0.15) is 52.0 Å². The fraction of sp³-hybridized carbons (Fsp3) is 0.600. The van der Waals surface area contributed by atoms with Crippen LogP contribution in [0.5, 0.6) is 0 Å². The van der Waals surface area contributed by atoms with Gasteiger partial charge in [0.2, 0.25) is 5.91 Å². The molecule has 0 radical (unpaired) electrons. The zero-order valence-electron chi connectivity index (χ0n) is 16.6. The topological polar surface area (TPSA) is 97.4 Å². The first kappa shape index (κ1) is 22.1. The SMILES string of the molecule is CC(C)(C)OC(=O)Nc1cc(CC(NC(=O)C2CCCC2)C(=O)CCl)ccn1. The van der Waals surface area contributed by atoms with Gasteiger partial charge in [0.05, 0.1) is 11.9 Å². The molecule has 1 aromatic heterocycles. The smallest absolute Gasteiger partial charge is 0.413 e. The highest BCUT2D eigenvalue weighted by atomic mass is 35.5. The molecular formula is C20H28ClN3O4. The molecule has 154 valence electrons. The second-order valence-corrected chi connectivity index (χ2v) is 8.29. The second kappa shape index (κ2) is 9.87. The number of aromatic nitrogens is 1. The molecule has 1 aromatic rings. The quantitative estimate of drug-likeness (QED) is 0.672. The van der Waals surface area contributed by atoms with E-state index in [0.29, 0.717) is 5.82 Å². The molecule has 0 aliphatic heterocycles. The van der Waals surface area contributed by atoms with Crippen LogP contribution in [0.3, 0.4) is 0 Å². The Morgan fingerprint density at radius 1 is 1.29 bits per heavy atom. The summed E-state index contributed by atoms with van der Waals surface area (Å²) in [7, 11) is 0. The number of pyridine rings is 1. The van der Waals surface area contributed by atoms with Crippen LogP contribution in [0, 0.1) is 5.92 Å². The molecule has 0 aromatic carbocycles. The minimum atomic E-state index is -0.706. The number of halogens is 1. The van der Waals surface area contributed by atoms with E-state index in [1.54, 1.807) is 32.9 Å². The summed E-state index contributed by atoms with van der Waals surface area (Å²) < 4.78 is 5.21. The Hall–Kier alpha value is -2.15. The van der Waals surface area contributed by atoms with Crippen molar-refractivity contribution < 1.29 is 19.1 Å². The molecule has 8 heteroatoms. The molecule has 1 aliphatic rings. The Morgan fingerprint density at radius 3 is 2.57 bits per heavy atom. The van der Waals surface area contributed by atoms with Gasteiger partial charge in [-0.25, -0.2) is 9.78 Å². The average Bonchev–Trinajstić information content (AvgIpc) is 3.13. The summed E-state index contributed by atoms with van der Waals surface area (Å²) >= 11 is 5.73. The maximum atomic E-state index is 12.4. The summed E-state index contributed by atoms with van der Waals surface area (Å²) in [6.07, 6.45) is 4.98. The van der Waals surface area contributed by atoms with E-state index >= 15 is 0 Å². The summed E-state index contributed by atoms with van der Waals surface area (Å²) in [5.74, 6) is -0.240. The molecule has 7 nitrogen and oxygen atoms in total. The number of anilines is 1. The highest BCUT2D eigenvalue weighted by Crippen LogP contribution is 2.25. The number of hydrogen-bond donors (Lipinski definition) is 2. The van der Waals surface area contributed by atoms with E-state index in [1.807, 2.05) is 0 Å². The fourth-order valence-corrected chi connectivity index (χ4v) is 3.32. The normalized spacial score (nSPS) is 15.7. The van der Waals surface area contributed by atoms with Gasteiger partial charge in [0.15, 0.2) is 5.78 Å². The van der Waals surface area contributed by atoms with E-state index in [9.17, 15) is 14.4 Å². The number of carbonyl (C=O) groups is 3. The third-order valence-corrected chi connectivity index (χ3v) is 4.72. The van der Waals surface area contributed by atoms with Crippen LogP contribution < -0.4 is 10.6 Å². The van der Waals surface area contributed by atoms with Crippen LogP contribution in [0.2, 0.25) is 0 Å². The van der Waals surface area contributed by atoms with Crippen molar-refractivity contribution in [3.05, 3.63) is 23.9 Å². The van der Waals surface area contributed by atoms with Crippen LogP contribution >= 0.6 is 11.6 Å². The molecule has 28 heavy (non-hydrogen) atoms. The van der Waals surface area contributed by atoms with E-state index in [4.69, 9.17) is 16.3 Å². The highest BCUT2D eigenvalue weighted by molar-refractivity contribution is 6.28. The molecule has 2 rings (SSSR count). The summed E-state index contributed by atoms with van der Waals surface area (Å²) in [5, 5.41) is 5.41. The Morgan fingerprint density at radius 2 is 1.96 bits per heavy atom. The Kier molecular flexibility index (Phi) is 7.80. The number of alkyl halides is 1. The first-order chi connectivity index (χ1) is 13.2. The van der Waals surface area contributed by atoms with Crippen LogP contribution in [0.25, 0.3) is 0 Å². The number of rotatable bonds is 7.